The van der Waals surface area contributed by atoms with Crippen molar-refractivity contribution in [2.45, 2.75) is 44.8 Å². The molecule has 0 aromatic heterocycles. The molecule has 1 saturated heterocycles. The van der Waals surface area contributed by atoms with Crippen molar-refractivity contribution in [3.63, 3.8) is 0 Å². The third-order valence-electron chi connectivity index (χ3n) is 4.35. The van der Waals surface area contributed by atoms with Gasteiger partial charge in [-0.25, -0.2) is 0 Å². The van der Waals surface area contributed by atoms with E-state index in [2.05, 4.69) is 5.32 Å². The molecule has 7 heteroatoms. The van der Waals surface area contributed by atoms with Gasteiger partial charge in [0.05, 0.1) is 5.69 Å². The third kappa shape index (κ3) is 2.58. The van der Waals surface area contributed by atoms with Gasteiger partial charge in [0.25, 0.3) is 5.91 Å². The van der Waals surface area contributed by atoms with Crippen LogP contribution in [0.2, 0.25) is 0 Å². The van der Waals surface area contributed by atoms with Gasteiger partial charge in [0.15, 0.2) is 12.0 Å². The highest BCUT2D eigenvalue weighted by molar-refractivity contribution is 5.97. The number of aliphatic hydroxyl groups excluding tert-OH is 1. The number of carbonyl (C=O) groups excluding carboxylic acids is 2. The van der Waals surface area contributed by atoms with Crippen LogP contribution in [0.25, 0.3) is 0 Å². The van der Waals surface area contributed by atoms with Crippen LogP contribution in [0.3, 0.4) is 0 Å². The molecule has 2 amide bonds. The number of para-hydroxylation sites is 1. The lowest BCUT2D eigenvalue weighted by atomic mass is 9.91. The Morgan fingerprint density at radius 3 is 2.71 bits per heavy atom. The predicted octanol–water partition coefficient (Wildman–Crippen LogP) is 0.856. The van der Waals surface area contributed by atoms with Crippen molar-refractivity contribution in [1.82, 2.24) is 5.32 Å². The summed E-state index contributed by atoms with van der Waals surface area (Å²) >= 11 is 0. The predicted molar refractivity (Wildman–Crippen MR) is 86.0 cm³/mol. The number of benzene rings is 1. The van der Waals surface area contributed by atoms with Gasteiger partial charge in [0.1, 0.15) is 12.2 Å². The highest BCUT2D eigenvalue weighted by Gasteiger charge is 2.62. The highest BCUT2D eigenvalue weighted by Crippen LogP contribution is 2.55. The number of carbonyl (C=O) groups is 2. The first-order valence-corrected chi connectivity index (χ1v) is 7.95. The lowest BCUT2D eigenvalue weighted by Gasteiger charge is -2.29. The van der Waals surface area contributed by atoms with Crippen LogP contribution in [0.1, 0.15) is 32.8 Å². The fourth-order valence-corrected chi connectivity index (χ4v) is 3.57. The lowest BCUT2D eigenvalue weighted by Crippen LogP contribution is -2.47. The van der Waals surface area contributed by atoms with E-state index in [4.69, 9.17) is 9.47 Å². The van der Waals surface area contributed by atoms with E-state index in [1.54, 1.807) is 19.9 Å². The molecule has 1 aromatic carbocycles. The summed E-state index contributed by atoms with van der Waals surface area (Å²) in [6.07, 6.45) is -0.231. The number of rotatable bonds is 4. The second-order valence-corrected chi connectivity index (χ2v) is 6.53. The molecule has 0 radical (unpaired) electrons. The lowest BCUT2D eigenvalue weighted by molar-refractivity contribution is -0.167. The number of nitrogens with zero attached hydrogens (tertiary/aromatic N) is 1. The minimum absolute atomic E-state index is 0.129. The molecule has 0 aliphatic carbocycles. The van der Waals surface area contributed by atoms with E-state index in [9.17, 15) is 14.7 Å². The summed E-state index contributed by atoms with van der Waals surface area (Å²) in [6.45, 7) is 4.80. The first-order chi connectivity index (χ1) is 11.3. The molecule has 0 bridgehead atoms. The van der Waals surface area contributed by atoms with E-state index in [1.807, 2.05) is 18.2 Å². The Labute approximate surface area is 140 Å². The van der Waals surface area contributed by atoms with E-state index in [1.165, 1.54) is 11.8 Å². The maximum absolute atomic E-state index is 12.3. The molecule has 24 heavy (non-hydrogen) atoms. The van der Waals surface area contributed by atoms with Gasteiger partial charge >= 0.3 is 0 Å². The average molecular weight is 334 g/mol. The first kappa shape index (κ1) is 16.9. The molecule has 3 rings (SSSR count). The third-order valence-corrected chi connectivity index (χ3v) is 4.35. The second-order valence-electron chi connectivity index (χ2n) is 6.53. The van der Waals surface area contributed by atoms with Crippen molar-refractivity contribution >= 4 is 17.5 Å². The number of aliphatic hydroxyl groups is 1. The molecule has 7 nitrogen and oxygen atoms in total. The molecule has 1 aromatic rings. The normalized spacial score (nSPS) is 26.8. The van der Waals surface area contributed by atoms with Gasteiger partial charge in [-0.15, -0.1) is 0 Å². The van der Waals surface area contributed by atoms with E-state index in [0.29, 0.717) is 18.7 Å². The van der Waals surface area contributed by atoms with E-state index >= 15 is 0 Å². The summed E-state index contributed by atoms with van der Waals surface area (Å²) in [6, 6.07) is 7.40. The Hall–Kier alpha value is -1.96. The van der Waals surface area contributed by atoms with Gasteiger partial charge in [0, 0.05) is 25.5 Å². The van der Waals surface area contributed by atoms with E-state index in [-0.39, 0.29) is 5.91 Å². The number of fused-ring (bicyclic) bond motifs is 3. The zero-order valence-electron chi connectivity index (χ0n) is 14.0. The molecule has 130 valence electrons. The number of amides is 2. The summed E-state index contributed by atoms with van der Waals surface area (Å²) in [7, 11) is 0. The number of anilines is 1. The summed E-state index contributed by atoms with van der Waals surface area (Å²) in [4.78, 5) is 25.0. The Bertz CT molecular complexity index is 675. The Morgan fingerprint density at radius 1 is 1.33 bits per heavy atom. The fraction of sp³-hybridized carbons (Fsp3) is 0.529. The molecule has 0 unspecified atom stereocenters. The van der Waals surface area contributed by atoms with Gasteiger partial charge < -0.3 is 19.9 Å². The molecule has 2 aliphatic heterocycles. The molecule has 1 fully saturated rings. The molecule has 0 saturated carbocycles. The SMILES string of the molecule is CC(=O)NCC[C@]12OC(C)(C)O[C@H]1N(C(=O)CO)c1ccccc12. The van der Waals surface area contributed by atoms with Crippen LogP contribution in [-0.4, -0.2) is 42.1 Å². The maximum Gasteiger partial charge on any atom is 0.254 e. The van der Waals surface area contributed by atoms with Crippen molar-refractivity contribution < 1.29 is 24.2 Å². The standard InChI is InChI=1S/C17H22N2O5/c1-11(21)18-9-8-17-12-6-4-5-7-13(12)19(14(22)10-20)15(17)23-16(2,3)24-17/h4-7,15,20H,8-10H2,1-3H3,(H,18,21)/t15-,17-/m1/s1. The van der Waals surface area contributed by atoms with Gasteiger partial charge in [-0.2, -0.15) is 0 Å². The van der Waals surface area contributed by atoms with Gasteiger partial charge in [0.2, 0.25) is 5.91 Å². The summed E-state index contributed by atoms with van der Waals surface area (Å²) in [5.74, 6) is -1.46. The molecular weight excluding hydrogens is 312 g/mol. The zero-order chi connectivity index (χ0) is 17.5. The molecule has 2 atom stereocenters. The van der Waals surface area contributed by atoms with Gasteiger partial charge in [-0.05, 0) is 19.9 Å². The monoisotopic (exact) mass is 334 g/mol. The van der Waals surface area contributed by atoms with Crippen LogP contribution in [0.5, 0.6) is 0 Å². The van der Waals surface area contributed by atoms with Crippen molar-refractivity contribution in [2.75, 3.05) is 18.1 Å². The molecule has 2 aliphatic rings. The molecule has 0 spiro atoms. The van der Waals surface area contributed by atoms with E-state index in [0.717, 1.165) is 5.56 Å². The maximum atomic E-state index is 12.3. The number of hydrogen-bond acceptors (Lipinski definition) is 5. The summed E-state index contributed by atoms with van der Waals surface area (Å²) in [5.41, 5.74) is 0.612. The Kier molecular flexibility index (Phi) is 4.11. The minimum atomic E-state index is -0.887. The summed E-state index contributed by atoms with van der Waals surface area (Å²) < 4.78 is 12.3. The topological polar surface area (TPSA) is 88.1 Å². The first-order valence-electron chi connectivity index (χ1n) is 7.95. The quantitative estimate of drug-likeness (QED) is 0.852. The van der Waals surface area contributed by atoms with Crippen LogP contribution in [-0.2, 0) is 24.7 Å². The van der Waals surface area contributed by atoms with Gasteiger partial charge in [-0.1, -0.05) is 18.2 Å². The van der Waals surface area contributed by atoms with Crippen molar-refractivity contribution in [2.24, 2.45) is 0 Å². The number of ether oxygens (including phenoxy) is 2. The minimum Gasteiger partial charge on any atom is -0.387 e. The second kappa shape index (κ2) is 5.84. The molecular formula is C17H22N2O5. The Morgan fingerprint density at radius 2 is 2.04 bits per heavy atom. The summed E-state index contributed by atoms with van der Waals surface area (Å²) in [5, 5.41) is 12.1. The zero-order valence-corrected chi connectivity index (χ0v) is 14.0. The van der Waals surface area contributed by atoms with Crippen LogP contribution in [0, 0.1) is 0 Å². The Balaban J connectivity index is 2.05. The van der Waals surface area contributed by atoms with E-state index < -0.39 is 30.1 Å². The van der Waals surface area contributed by atoms with Crippen LogP contribution in [0.4, 0.5) is 5.69 Å². The smallest absolute Gasteiger partial charge is 0.254 e. The van der Waals surface area contributed by atoms with Crippen LogP contribution >= 0.6 is 0 Å². The average Bonchev–Trinajstić information content (AvgIpc) is 2.92. The largest absolute Gasteiger partial charge is 0.387 e. The van der Waals surface area contributed by atoms with Crippen molar-refractivity contribution in [3.8, 4) is 0 Å². The van der Waals surface area contributed by atoms with Gasteiger partial charge in [-0.3, -0.25) is 14.5 Å². The number of hydrogen-bond donors (Lipinski definition) is 2. The van der Waals surface area contributed by atoms with Crippen molar-refractivity contribution in [3.05, 3.63) is 29.8 Å². The fourth-order valence-electron chi connectivity index (χ4n) is 3.57. The molecule has 2 heterocycles. The van der Waals surface area contributed by atoms with Crippen LogP contribution in [0.15, 0.2) is 24.3 Å². The molecule has 2 N–H and O–H groups in total. The van der Waals surface area contributed by atoms with Crippen LogP contribution < -0.4 is 10.2 Å². The number of nitrogens with one attached hydrogen (secondary N) is 1. The highest BCUT2D eigenvalue weighted by atomic mass is 16.8. The van der Waals surface area contributed by atoms with Crippen molar-refractivity contribution in [1.29, 1.82) is 0 Å².